The number of esters is 1. The summed E-state index contributed by atoms with van der Waals surface area (Å²) in [4.78, 5) is 13.2. The Hall–Kier alpha value is -2.86. The first-order valence-corrected chi connectivity index (χ1v) is 13.4. The Kier molecular flexibility index (Phi) is 7.84. The molecular weight excluding hydrogens is 591 g/mol. The molecular formula is C28H27IO8. The molecule has 5 atom stereocenters. The topological polar surface area (TPSA) is 104 Å². The second kappa shape index (κ2) is 11.3. The molecule has 0 spiro atoms. The number of benzene rings is 3. The summed E-state index contributed by atoms with van der Waals surface area (Å²) in [5.41, 5.74) is 2.45. The Labute approximate surface area is 228 Å². The number of carbonyl (C=O) groups is 1. The first-order chi connectivity index (χ1) is 18.0. The average molecular weight is 618 g/mol. The minimum Gasteiger partial charge on any atom is -0.490 e. The Morgan fingerprint density at radius 2 is 1.51 bits per heavy atom. The van der Waals surface area contributed by atoms with Crippen LogP contribution in [0.4, 0.5) is 0 Å². The molecule has 3 aromatic carbocycles. The molecule has 0 radical (unpaired) electrons. The molecule has 2 heterocycles. The lowest BCUT2D eigenvalue weighted by atomic mass is 9.86. The Balaban J connectivity index is 1.60. The van der Waals surface area contributed by atoms with Crippen molar-refractivity contribution >= 4 is 28.6 Å². The highest BCUT2D eigenvalue weighted by Crippen LogP contribution is 2.51. The van der Waals surface area contributed by atoms with E-state index in [9.17, 15) is 15.0 Å². The quantitative estimate of drug-likeness (QED) is 0.222. The van der Waals surface area contributed by atoms with E-state index in [2.05, 4.69) is 22.6 Å². The summed E-state index contributed by atoms with van der Waals surface area (Å²) < 4.78 is 30.3. The number of carbonyl (C=O) groups excluding carboxylic acids is 1. The molecule has 1 saturated heterocycles. The van der Waals surface area contributed by atoms with E-state index in [4.69, 9.17) is 23.7 Å². The zero-order valence-electron chi connectivity index (χ0n) is 20.1. The number of aliphatic hydroxyl groups excluding tert-OH is 2. The molecule has 5 rings (SSSR count). The number of hydrogen-bond donors (Lipinski definition) is 2. The van der Waals surface area contributed by atoms with Crippen molar-refractivity contribution in [2.45, 2.75) is 43.7 Å². The van der Waals surface area contributed by atoms with Gasteiger partial charge < -0.3 is 33.9 Å². The summed E-state index contributed by atoms with van der Waals surface area (Å²) in [5, 5.41) is 21.3. The lowest BCUT2D eigenvalue weighted by molar-refractivity contribution is -0.221. The minimum atomic E-state index is -1.32. The van der Waals surface area contributed by atoms with E-state index in [0.717, 1.165) is 11.1 Å². The predicted octanol–water partition coefficient (Wildman–Crippen LogP) is 3.99. The Bertz CT molecular complexity index is 1240. The third-order valence-electron chi connectivity index (χ3n) is 6.49. The first-order valence-electron chi connectivity index (χ1n) is 11.9. The molecule has 37 heavy (non-hydrogen) atoms. The standard InChI is InChI=1S/C28H27IO8/c1-33-24-19(34-14-16-8-4-2-5-9-16)12-18-21(25(24)35-15-17-10-6-3-7-11-17)26-27(37-28(18)32)23(31)22(30)20(13-29)36-26/h2-12,20,22-23,26-27,30-31H,13-15H2,1H3/t20-,22-,23+,26+,27-/m1/s1. The van der Waals surface area contributed by atoms with Crippen molar-refractivity contribution in [3.05, 3.63) is 89.0 Å². The molecule has 3 aromatic rings. The molecule has 2 aliphatic rings. The molecule has 1 fully saturated rings. The summed E-state index contributed by atoms with van der Waals surface area (Å²) in [6.07, 6.45) is -5.15. The van der Waals surface area contributed by atoms with Gasteiger partial charge in [-0.3, -0.25) is 0 Å². The van der Waals surface area contributed by atoms with Crippen LogP contribution in [0, 0.1) is 0 Å². The van der Waals surface area contributed by atoms with Crippen molar-refractivity contribution in [3.63, 3.8) is 0 Å². The minimum absolute atomic E-state index is 0.194. The molecule has 0 saturated carbocycles. The fourth-order valence-electron chi connectivity index (χ4n) is 4.61. The summed E-state index contributed by atoms with van der Waals surface area (Å²) in [5.74, 6) is 0.213. The van der Waals surface area contributed by atoms with Crippen LogP contribution in [0.3, 0.4) is 0 Å². The van der Waals surface area contributed by atoms with E-state index >= 15 is 0 Å². The van der Waals surface area contributed by atoms with Crippen LogP contribution in [0.5, 0.6) is 17.2 Å². The van der Waals surface area contributed by atoms with Gasteiger partial charge in [-0.25, -0.2) is 4.79 Å². The maximum absolute atomic E-state index is 13.2. The van der Waals surface area contributed by atoms with E-state index in [1.54, 1.807) is 6.07 Å². The largest absolute Gasteiger partial charge is 0.490 e. The maximum Gasteiger partial charge on any atom is 0.339 e. The molecule has 0 aliphatic carbocycles. The molecule has 0 aromatic heterocycles. The second-order valence-corrected chi connectivity index (χ2v) is 9.73. The zero-order valence-corrected chi connectivity index (χ0v) is 22.2. The van der Waals surface area contributed by atoms with Crippen molar-refractivity contribution in [2.75, 3.05) is 11.5 Å². The van der Waals surface area contributed by atoms with Crippen LogP contribution < -0.4 is 14.2 Å². The van der Waals surface area contributed by atoms with E-state index in [1.807, 2.05) is 60.7 Å². The molecule has 8 nitrogen and oxygen atoms in total. The lowest BCUT2D eigenvalue weighted by Crippen LogP contribution is -2.57. The lowest BCUT2D eigenvalue weighted by Gasteiger charge is -2.45. The molecule has 9 heteroatoms. The summed E-state index contributed by atoms with van der Waals surface area (Å²) in [6.45, 7) is 0.437. The van der Waals surface area contributed by atoms with Gasteiger partial charge in [0.15, 0.2) is 17.6 Å². The summed E-state index contributed by atoms with van der Waals surface area (Å²) in [6, 6.07) is 20.8. The number of methoxy groups -OCH3 is 1. The van der Waals surface area contributed by atoms with Gasteiger partial charge in [0.25, 0.3) is 0 Å². The molecule has 0 amide bonds. The van der Waals surface area contributed by atoms with Gasteiger partial charge in [-0.1, -0.05) is 83.3 Å². The van der Waals surface area contributed by atoms with Crippen LogP contribution in [-0.2, 0) is 22.7 Å². The number of rotatable bonds is 8. The normalized spacial score (nSPS) is 24.4. The molecule has 0 unspecified atom stereocenters. The number of hydrogen-bond acceptors (Lipinski definition) is 8. The third-order valence-corrected chi connectivity index (χ3v) is 7.36. The van der Waals surface area contributed by atoms with Crippen LogP contribution in [0.25, 0.3) is 0 Å². The second-order valence-electron chi connectivity index (χ2n) is 8.85. The number of fused-ring (bicyclic) bond motifs is 3. The highest BCUT2D eigenvalue weighted by atomic mass is 127. The van der Waals surface area contributed by atoms with Gasteiger partial charge in [0, 0.05) is 9.99 Å². The zero-order chi connectivity index (χ0) is 25.9. The monoisotopic (exact) mass is 618 g/mol. The number of ether oxygens (including phenoxy) is 5. The van der Waals surface area contributed by atoms with Crippen molar-refractivity contribution < 1.29 is 38.7 Å². The fourth-order valence-corrected chi connectivity index (χ4v) is 5.34. The van der Waals surface area contributed by atoms with Crippen LogP contribution >= 0.6 is 22.6 Å². The van der Waals surface area contributed by atoms with Gasteiger partial charge in [-0.2, -0.15) is 0 Å². The van der Waals surface area contributed by atoms with E-state index in [0.29, 0.717) is 21.5 Å². The SMILES string of the molecule is COc1c(OCc2ccccc2)cc2c(c1OCc1ccccc1)[C@@H]1O[C@H](CI)[C@@H](O)[C@H](O)[C@H]1OC2=O. The fraction of sp³-hybridized carbons (Fsp3) is 0.321. The maximum atomic E-state index is 13.2. The van der Waals surface area contributed by atoms with Crippen LogP contribution in [0.1, 0.15) is 33.2 Å². The smallest absolute Gasteiger partial charge is 0.339 e. The van der Waals surface area contributed by atoms with Crippen LogP contribution in [0.15, 0.2) is 66.7 Å². The van der Waals surface area contributed by atoms with Crippen molar-refractivity contribution in [1.29, 1.82) is 0 Å². The average Bonchev–Trinajstić information content (AvgIpc) is 2.93. The van der Waals surface area contributed by atoms with Gasteiger partial charge in [-0.15, -0.1) is 0 Å². The highest BCUT2D eigenvalue weighted by Gasteiger charge is 2.52. The van der Waals surface area contributed by atoms with Crippen molar-refractivity contribution in [3.8, 4) is 17.2 Å². The van der Waals surface area contributed by atoms with E-state index < -0.39 is 36.5 Å². The number of halogens is 1. The highest BCUT2D eigenvalue weighted by molar-refractivity contribution is 14.1. The van der Waals surface area contributed by atoms with Crippen LogP contribution in [-0.4, -0.2) is 52.1 Å². The van der Waals surface area contributed by atoms with Gasteiger partial charge in [0.2, 0.25) is 5.75 Å². The van der Waals surface area contributed by atoms with Gasteiger partial charge in [0.05, 0.1) is 18.8 Å². The Morgan fingerprint density at radius 1 is 0.892 bits per heavy atom. The van der Waals surface area contributed by atoms with Gasteiger partial charge in [-0.05, 0) is 17.2 Å². The molecule has 194 valence electrons. The molecule has 2 aliphatic heterocycles. The predicted molar refractivity (Wildman–Crippen MR) is 142 cm³/mol. The summed E-state index contributed by atoms with van der Waals surface area (Å²) >= 11 is 2.09. The van der Waals surface area contributed by atoms with Crippen molar-refractivity contribution in [2.24, 2.45) is 0 Å². The van der Waals surface area contributed by atoms with Gasteiger partial charge >= 0.3 is 5.97 Å². The Morgan fingerprint density at radius 3 is 2.11 bits per heavy atom. The van der Waals surface area contributed by atoms with Crippen molar-refractivity contribution in [1.82, 2.24) is 0 Å². The van der Waals surface area contributed by atoms with E-state index in [1.165, 1.54) is 7.11 Å². The number of alkyl halides is 1. The first kappa shape index (κ1) is 25.8. The summed E-state index contributed by atoms with van der Waals surface area (Å²) in [7, 11) is 1.50. The third kappa shape index (κ3) is 5.13. The van der Waals surface area contributed by atoms with Gasteiger partial charge in [0.1, 0.15) is 31.5 Å². The molecule has 0 bridgehead atoms. The van der Waals surface area contributed by atoms with Crippen LogP contribution in [0.2, 0.25) is 0 Å². The molecule has 2 N–H and O–H groups in total. The van der Waals surface area contributed by atoms with E-state index in [-0.39, 0.29) is 24.5 Å². The number of aliphatic hydroxyl groups is 2.